The fourth-order valence-electron chi connectivity index (χ4n) is 2.66. The second kappa shape index (κ2) is 8.65. The van der Waals surface area contributed by atoms with Gasteiger partial charge in [-0.3, -0.25) is 19.3 Å². The van der Waals surface area contributed by atoms with Gasteiger partial charge in [0.05, 0.1) is 12.3 Å². The lowest BCUT2D eigenvalue weighted by Gasteiger charge is -2.32. The SMILES string of the molecule is CCCCCOC(=O)CN1C(=O)C(C)Oc2ccc(C(=O)CC)cc21. The highest BCUT2D eigenvalue weighted by atomic mass is 16.5. The molecule has 136 valence electrons. The van der Waals surface area contributed by atoms with E-state index in [2.05, 4.69) is 6.92 Å². The first-order chi connectivity index (χ1) is 12.0. The molecule has 0 bridgehead atoms. The molecule has 1 aliphatic heterocycles. The fourth-order valence-corrected chi connectivity index (χ4v) is 2.66. The maximum absolute atomic E-state index is 12.5. The number of benzene rings is 1. The Hall–Kier alpha value is -2.37. The van der Waals surface area contributed by atoms with Crippen LogP contribution in [0.15, 0.2) is 18.2 Å². The van der Waals surface area contributed by atoms with E-state index in [1.807, 2.05) is 0 Å². The topological polar surface area (TPSA) is 72.9 Å². The molecule has 6 nitrogen and oxygen atoms in total. The number of esters is 1. The zero-order chi connectivity index (χ0) is 18.4. The van der Waals surface area contributed by atoms with Crippen LogP contribution in [0.5, 0.6) is 5.75 Å². The quantitative estimate of drug-likeness (QED) is 0.410. The molecular formula is C19H25NO5. The van der Waals surface area contributed by atoms with Crippen LogP contribution in [0.25, 0.3) is 0 Å². The molecule has 0 saturated heterocycles. The summed E-state index contributed by atoms with van der Waals surface area (Å²) in [5.41, 5.74) is 0.932. The zero-order valence-corrected chi connectivity index (χ0v) is 15.0. The Labute approximate surface area is 148 Å². The minimum absolute atomic E-state index is 0.0315. The number of carbonyl (C=O) groups is 3. The number of unbranched alkanes of at least 4 members (excludes halogenated alkanes) is 2. The van der Waals surface area contributed by atoms with Crippen LogP contribution in [-0.2, 0) is 14.3 Å². The molecule has 1 heterocycles. The van der Waals surface area contributed by atoms with Gasteiger partial charge in [-0.05, 0) is 31.5 Å². The Bertz CT molecular complexity index is 655. The molecule has 1 aromatic carbocycles. The highest BCUT2D eigenvalue weighted by Gasteiger charge is 2.33. The lowest BCUT2D eigenvalue weighted by Crippen LogP contribution is -2.47. The predicted octanol–water partition coefficient (Wildman–Crippen LogP) is 3.13. The van der Waals surface area contributed by atoms with Crippen molar-refractivity contribution >= 4 is 23.3 Å². The van der Waals surface area contributed by atoms with Gasteiger partial charge in [0, 0.05) is 12.0 Å². The lowest BCUT2D eigenvalue weighted by molar-refractivity contribution is -0.143. The summed E-state index contributed by atoms with van der Waals surface area (Å²) in [5.74, 6) is -0.328. The summed E-state index contributed by atoms with van der Waals surface area (Å²) in [6, 6.07) is 4.95. The van der Waals surface area contributed by atoms with Crippen molar-refractivity contribution < 1.29 is 23.9 Å². The average Bonchev–Trinajstić information content (AvgIpc) is 2.61. The number of Topliss-reactive ketones (excluding diaryl/α,β-unsaturated/α-hetero) is 1. The third-order valence-corrected chi connectivity index (χ3v) is 4.11. The minimum Gasteiger partial charge on any atom is -0.479 e. The van der Waals surface area contributed by atoms with E-state index in [9.17, 15) is 14.4 Å². The summed E-state index contributed by atoms with van der Waals surface area (Å²) in [7, 11) is 0. The largest absolute Gasteiger partial charge is 0.479 e. The summed E-state index contributed by atoms with van der Waals surface area (Å²) in [5, 5.41) is 0. The van der Waals surface area contributed by atoms with Crippen LogP contribution in [0.2, 0.25) is 0 Å². The number of carbonyl (C=O) groups excluding carboxylic acids is 3. The highest BCUT2D eigenvalue weighted by Crippen LogP contribution is 2.35. The number of ether oxygens (including phenoxy) is 2. The molecule has 1 unspecified atom stereocenters. The normalized spacial score (nSPS) is 16.2. The Kier molecular flexibility index (Phi) is 6.56. The zero-order valence-electron chi connectivity index (χ0n) is 15.0. The first-order valence-electron chi connectivity index (χ1n) is 8.78. The van der Waals surface area contributed by atoms with Crippen LogP contribution in [0, 0.1) is 0 Å². The van der Waals surface area contributed by atoms with Crippen molar-refractivity contribution in [2.45, 2.75) is 52.6 Å². The molecule has 0 N–H and O–H groups in total. The number of ketones is 1. The second-order valence-corrected chi connectivity index (χ2v) is 6.07. The van der Waals surface area contributed by atoms with Crippen molar-refractivity contribution in [2.75, 3.05) is 18.1 Å². The van der Waals surface area contributed by atoms with E-state index in [0.29, 0.717) is 30.0 Å². The Balaban J connectivity index is 2.18. The standard InChI is InChI=1S/C19H25NO5/c1-4-6-7-10-24-18(22)12-20-15-11-14(16(21)5-2)8-9-17(15)25-13(3)19(20)23/h8-9,11,13H,4-7,10,12H2,1-3H3. The van der Waals surface area contributed by atoms with E-state index >= 15 is 0 Å². The van der Waals surface area contributed by atoms with Gasteiger partial charge in [-0.2, -0.15) is 0 Å². The Morgan fingerprint density at radius 1 is 1.24 bits per heavy atom. The monoisotopic (exact) mass is 347 g/mol. The molecule has 0 aliphatic carbocycles. The lowest BCUT2D eigenvalue weighted by atomic mass is 10.1. The molecule has 0 radical (unpaired) electrons. The maximum atomic E-state index is 12.5. The molecule has 0 spiro atoms. The minimum atomic E-state index is -0.687. The van der Waals surface area contributed by atoms with E-state index in [1.54, 1.807) is 32.0 Å². The molecule has 25 heavy (non-hydrogen) atoms. The number of nitrogens with zero attached hydrogens (tertiary/aromatic N) is 1. The van der Waals surface area contributed by atoms with Gasteiger partial charge in [-0.15, -0.1) is 0 Å². The van der Waals surface area contributed by atoms with Crippen LogP contribution in [0.3, 0.4) is 0 Å². The summed E-state index contributed by atoms with van der Waals surface area (Å²) >= 11 is 0. The number of fused-ring (bicyclic) bond motifs is 1. The molecule has 1 atom stereocenters. The van der Waals surface area contributed by atoms with Gasteiger partial charge in [0.15, 0.2) is 11.9 Å². The molecule has 6 heteroatoms. The molecule has 1 aromatic rings. The molecule has 1 aliphatic rings. The highest BCUT2D eigenvalue weighted by molar-refractivity contribution is 6.05. The average molecular weight is 347 g/mol. The van der Waals surface area contributed by atoms with Crippen molar-refractivity contribution in [3.05, 3.63) is 23.8 Å². The van der Waals surface area contributed by atoms with Gasteiger partial charge in [-0.25, -0.2) is 0 Å². The number of hydrogen-bond donors (Lipinski definition) is 0. The third-order valence-electron chi connectivity index (χ3n) is 4.11. The molecule has 0 fully saturated rings. The van der Waals surface area contributed by atoms with Crippen molar-refractivity contribution in [3.8, 4) is 5.75 Å². The summed E-state index contributed by atoms with van der Waals surface area (Å²) in [4.78, 5) is 37.8. The van der Waals surface area contributed by atoms with Crippen molar-refractivity contribution in [2.24, 2.45) is 0 Å². The van der Waals surface area contributed by atoms with E-state index in [4.69, 9.17) is 9.47 Å². The Morgan fingerprint density at radius 3 is 2.68 bits per heavy atom. The smallest absolute Gasteiger partial charge is 0.326 e. The summed E-state index contributed by atoms with van der Waals surface area (Å²) in [6.45, 7) is 5.64. The van der Waals surface area contributed by atoms with Gasteiger partial charge in [-0.1, -0.05) is 26.7 Å². The third kappa shape index (κ3) is 4.59. The van der Waals surface area contributed by atoms with Gasteiger partial charge in [0.2, 0.25) is 0 Å². The second-order valence-electron chi connectivity index (χ2n) is 6.07. The number of rotatable bonds is 8. The molecule has 0 saturated carbocycles. The summed E-state index contributed by atoms with van der Waals surface area (Å²) in [6.07, 6.45) is 2.52. The molecule has 1 amide bonds. The summed E-state index contributed by atoms with van der Waals surface area (Å²) < 4.78 is 10.8. The van der Waals surface area contributed by atoms with Crippen molar-refractivity contribution in [3.63, 3.8) is 0 Å². The predicted molar refractivity (Wildman–Crippen MR) is 94.0 cm³/mol. The molecule has 2 rings (SSSR count). The van der Waals surface area contributed by atoms with Gasteiger partial charge < -0.3 is 9.47 Å². The van der Waals surface area contributed by atoms with Crippen LogP contribution >= 0.6 is 0 Å². The number of anilines is 1. The fraction of sp³-hybridized carbons (Fsp3) is 0.526. The van der Waals surface area contributed by atoms with Gasteiger partial charge >= 0.3 is 5.97 Å². The van der Waals surface area contributed by atoms with Crippen molar-refractivity contribution in [1.29, 1.82) is 0 Å². The van der Waals surface area contributed by atoms with Gasteiger partial charge in [0.25, 0.3) is 5.91 Å². The molecular weight excluding hydrogens is 322 g/mol. The Morgan fingerprint density at radius 2 is 2.00 bits per heavy atom. The van der Waals surface area contributed by atoms with Crippen LogP contribution in [0.4, 0.5) is 5.69 Å². The van der Waals surface area contributed by atoms with E-state index in [0.717, 1.165) is 19.3 Å². The first-order valence-corrected chi connectivity index (χ1v) is 8.78. The van der Waals surface area contributed by atoms with Crippen LogP contribution < -0.4 is 9.64 Å². The van der Waals surface area contributed by atoms with E-state index in [1.165, 1.54) is 4.90 Å². The number of hydrogen-bond acceptors (Lipinski definition) is 5. The maximum Gasteiger partial charge on any atom is 0.326 e. The van der Waals surface area contributed by atoms with Crippen LogP contribution in [0.1, 0.15) is 56.8 Å². The van der Waals surface area contributed by atoms with Crippen LogP contribution in [-0.4, -0.2) is 36.9 Å². The number of amides is 1. The van der Waals surface area contributed by atoms with E-state index in [-0.39, 0.29) is 18.2 Å². The van der Waals surface area contributed by atoms with Gasteiger partial charge in [0.1, 0.15) is 12.3 Å². The molecule has 0 aromatic heterocycles. The van der Waals surface area contributed by atoms with Crippen molar-refractivity contribution in [1.82, 2.24) is 0 Å². The first kappa shape index (κ1) is 19.0. The van der Waals surface area contributed by atoms with E-state index < -0.39 is 12.1 Å².